The van der Waals surface area contributed by atoms with E-state index in [1.807, 2.05) is 89.2 Å². The number of hydrogen-bond acceptors (Lipinski definition) is 6. The maximum Gasteiger partial charge on any atom is 0.295 e. The molecule has 0 fully saturated rings. The molecule has 5 rings (SSSR count). The van der Waals surface area contributed by atoms with Crippen molar-refractivity contribution in [3.05, 3.63) is 92.8 Å². The van der Waals surface area contributed by atoms with Crippen LogP contribution in [0.5, 0.6) is 17.2 Å². The van der Waals surface area contributed by atoms with Crippen LogP contribution in [0.1, 0.15) is 59.6 Å². The maximum atomic E-state index is 14.0. The average molecular weight is 514 g/mol. The number of anilines is 1. The lowest BCUT2D eigenvalue weighted by Gasteiger charge is -2.26. The Kier molecular flexibility index (Phi) is 6.85. The molecule has 0 spiro atoms. The summed E-state index contributed by atoms with van der Waals surface area (Å²) in [6, 6.07) is 15.7. The predicted octanol–water partition coefficient (Wildman–Crippen LogP) is 6.36. The minimum atomic E-state index is -0.715. The molecule has 0 saturated heterocycles. The van der Waals surface area contributed by atoms with Crippen LogP contribution in [0.15, 0.2) is 63.8 Å². The normalized spacial score (nSPS) is 14.6. The summed E-state index contributed by atoms with van der Waals surface area (Å²) < 4.78 is 23.4. The number of benzene rings is 3. The standard InChI is InChI=1S/C31H31NO6/c1-6-35-22-12-10-21(11-13-22)32-28(20-9-14-24(36-7-2)26(17-20)37-8-3)27-29(33)23-15-18(4)19(5)16-25(23)38-30(27)31(32)34/h9-17,28H,6-8H2,1-5H3. The third kappa shape index (κ3) is 4.28. The van der Waals surface area contributed by atoms with Gasteiger partial charge >= 0.3 is 0 Å². The minimum Gasteiger partial charge on any atom is -0.494 e. The second kappa shape index (κ2) is 10.2. The Bertz CT molecular complexity index is 1570. The first-order valence-electron chi connectivity index (χ1n) is 12.9. The van der Waals surface area contributed by atoms with Crippen LogP contribution >= 0.6 is 0 Å². The largest absolute Gasteiger partial charge is 0.494 e. The molecule has 0 aliphatic carbocycles. The lowest BCUT2D eigenvalue weighted by atomic mass is 9.97. The second-order valence-electron chi connectivity index (χ2n) is 9.18. The van der Waals surface area contributed by atoms with Gasteiger partial charge in [0.05, 0.1) is 36.8 Å². The van der Waals surface area contributed by atoms with Crippen molar-refractivity contribution in [3.63, 3.8) is 0 Å². The highest BCUT2D eigenvalue weighted by Gasteiger charge is 2.44. The molecule has 38 heavy (non-hydrogen) atoms. The highest BCUT2D eigenvalue weighted by atomic mass is 16.5. The second-order valence-corrected chi connectivity index (χ2v) is 9.18. The number of aryl methyl sites for hydroxylation is 2. The van der Waals surface area contributed by atoms with Gasteiger partial charge in [-0.3, -0.25) is 14.5 Å². The van der Waals surface area contributed by atoms with Crippen LogP contribution in [0.3, 0.4) is 0 Å². The molecule has 1 amide bonds. The van der Waals surface area contributed by atoms with Crippen molar-refractivity contribution in [2.24, 2.45) is 0 Å². The topological polar surface area (TPSA) is 78.2 Å². The van der Waals surface area contributed by atoms with E-state index in [2.05, 4.69) is 0 Å². The number of ether oxygens (including phenoxy) is 3. The van der Waals surface area contributed by atoms with Crippen LogP contribution in [0, 0.1) is 13.8 Å². The molecule has 1 aliphatic heterocycles. The first kappa shape index (κ1) is 25.4. The van der Waals surface area contributed by atoms with Crippen molar-refractivity contribution in [2.45, 2.75) is 40.7 Å². The van der Waals surface area contributed by atoms with Crippen molar-refractivity contribution in [1.82, 2.24) is 0 Å². The smallest absolute Gasteiger partial charge is 0.295 e. The van der Waals surface area contributed by atoms with Gasteiger partial charge in [-0.25, -0.2) is 0 Å². The molecule has 0 bridgehead atoms. The molecule has 1 unspecified atom stereocenters. The van der Waals surface area contributed by atoms with Crippen LogP contribution in [0.2, 0.25) is 0 Å². The fourth-order valence-electron chi connectivity index (χ4n) is 4.92. The molecule has 2 heterocycles. The highest BCUT2D eigenvalue weighted by molar-refractivity contribution is 6.10. The Morgan fingerprint density at radius 3 is 2.13 bits per heavy atom. The van der Waals surface area contributed by atoms with Crippen LogP contribution in [-0.2, 0) is 0 Å². The van der Waals surface area contributed by atoms with Gasteiger partial charge in [-0.05, 0) is 99.8 Å². The molecule has 4 aromatic rings. The van der Waals surface area contributed by atoms with E-state index in [-0.39, 0.29) is 17.1 Å². The van der Waals surface area contributed by atoms with E-state index in [1.165, 1.54) is 0 Å². The maximum absolute atomic E-state index is 14.0. The summed E-state index contributed by atoms with van der Waals surface area (Å²) in [4.78, 5) is 29.5. The molecular formula is C31H31NO6. The molecule has 0 N–H and O–H groups in total. The van der Waals surface area contributed by atoms with Gasteiger partial charge in [0, 0.05) is 5.69 Å². The van der Waals surface area contributed by atoms with Gasteiger partial charge < -0.3 is 18.6 Å². The van der Waals surface area contributed by atoms with E-state index >= 15 is 0 Å². The van der Waals surface area contributed by atoms with Gasteiger partial charge in [0.1, 0.15) is 11.3 Å². The lowest BCUT2D eigenvalue weighted by molar-refractivity contribution is 0.0971. The Labute approximate surface area is 221 Å². The van der Waals surface area contributed by atoms with Crippen molar-refractivity contribution in [2.75, 3.05) is 24.7 Å². The average Bonchev–Trinajstić information content (AvgIpc) is 3.20. The summed E-state index contributed by atoms with van der Waals surface area (Å²) in [5, 5.41) is 0.453. The molecule has 1 aliphatic rings. The zero-order valence-corrected chi connectivity index (χ0v) is 22.3. The van der Waals surface area contributed by atoms with E-state index in [1.54, 1.807) is 4.90 Å². The highest BCUT2D eigenvalue weighted by Crippen LogP contribution is 2.43. The van der Waals surface area contributed by atoms with Crippen molar-refractivity contribution >= 4 is 22.6 Å². The van der Waals surface area contributed by atoms with E-state index in [0.717, 1.165) is 11.1 Å². The van der Waals surface area contributed by atoms with Gasteiger partial charge in [-0.2, -0.15) is 0 Å². The zero-order valence-electron chi connectivity index (χ0n) is 22.3. The van der Waals surface area contributed by atoms with E-state index in [9.17, 15) is 9.59 Å². The number of nitrogens with zero attached hydrogens (tertiary/aromatic N) is 1. The first-order chi connectivity index (χ1) is 18.4. The quantitative estimate of drug-likeness (QED) is 0.273. The summed E-state index contributed by atoms with van der Waals surface area (Å²) in [5.41, 5.74) is 3.80. The number of hydrogen-bond donors (Lipinski definition) is 0. The first-order valence-corrected chi connectivity index (χ1v) is 12.9. The molecule has 0 saturated carbocycles. The number of carbonyl (C=O) groups excluding carboxylic acids is 1. The van der Waals surface area contributed by atoms with Crippen molar-refractivity contribution in [1.29, 1.82) is 0 Å². The summed E-state index contributed by atoms with van der Waals surface area (Å²) in [6.45, 7) is 11.1. The Morgan fingerprint density at radius 1 is 0.789 bits per heavy atom. The third-order valence-corrected chi connectivity index (χ3v) is 6.80. The van der Waals surface area contributed by atoms with Gasteiger partial charge in [0.2, 0.25) is 5.76 Å². The molecular weight excluding hydrogens is 482 g/mol. The van der Waals surface area contributed by atoms with Crippen LogP contribution < -0.4 is 24.5 Å². The predicted molar refractivity (Wildman–Crippen MR) is 147 cm³/mol. The van der Waals surface area contributed by atoms with E-state index in [0.29, 0.717) is 64.9 Å². The number of amides is 1. The van der Waals surface area contributed by atoms with Gasteiger partial charge in [0.15, 0.2) is 16.9 Å². The Balaban J connectivity index is 1.75. The lowest BCUT2D eigenvalue weighted by Crippen LogP contribution is -2.29. The number of fused-ring (bicyclic) bond motifs is 2. The number of carbonyl (C=O) groups is 1. The third-order valence-electron chi connectivity index (χ3n) is 6.80. The molecule has 3 aromatic carbocycles. The Morgan fingerprint density at radius 2 is 1.45 bits per heavy atom. The van der Waals surface area contributed by atoms with E-state index in [4.69, 9.17) is 18.6 Å². The fraction of sp³-hybridized carbons (Fsp3) is 0.290. The molecule has 1 atom stereocenters. The summed E-state index contributed by atoms with van der Waals surface area (Å²) >= 11 is 0. The van der Waals surface area contributed by atoms with Crippen molar-refractivity contribution in [3.8, 4) is 17.2 Å². The summed E-state index contributed by atoms with van der Waals surface area (Å²) in [6.07, 6.45) is 0. The molecule has 0 radical (unpaired) electrons. The minimum absolute atomic E-state index is 0.0523. The SMILES string of the molecule is CCOc1ccc(N2C(=O)c3oc4cc(C)c(C)cc4c(=O)c3C2c2ccc(OCC)c(OCC)c2)cc1. The van der Waals surface area contributed by atoms with Crippen LogP contribution in [0.4, 0.5) is 5.69 Å². The molecule has 7 nitrogen and oxygen atoms in total. The van der Waals surface area contributed by atoms with E-state index < -0.39 is 6.04 Å². The van der Waals surface area contributed by atoms with Gasteiger partial charge in [0.25, 0.3) is 5.91 Å². The number of rotatable bonds is 8. The molecule has 196 valence electrons. The fourth-order valence-corrected chi connectivity index (χ4v) is 4.92. The summed E-state index contributed by atoms with van der Waals surface area (Å²) in [7, 11) is 0. The van der Waals surface area contributed by atoms with Gasteiger partial charge in [-0.1, -0.05) is 6.07 Å². The van der Waals surface area contributed by atoms with Crippen molar-refractivity contribution < 1.29 is 23.4 Å². The van der Waals surface area contributed by atoms with Gasteiger partial charge in [-0.15, -0.1) is 0 Å². The summed E-state index contributed by atoms with van der Waals surface area (Å²) in [5.74, 6) is 1.53. The molecule has 7 heteroatoms. The zero-order chi connectivity index (χ0) is 27.0. The molecule has 1 aromatic heterocycles. The van der Waals surface area contributed by atoms with Crippen LogP contribution in [0.25, 0.3) is 11.0 Å². The monoisotopic (exact) mass is 513 g/mol. The van der Waals surface area contributed by atoms with Crippen LogP contribution in [-0.4, -0.2) is 25.7 Å². The Hall–Kier alpha value is -4.26.